The van der Waals surface area contributed by atoms with Gasteiger partial charge in [-0.15, -0.1) is 0 Å². The number of rotatable bonds is 7. The molecule has 7 heteroatoms. The maximum Gasteiger partial charge on any atom is 0.264 e. The van der Waals surface area contributed by atoms with Gasteiger partial charge in [0.15, 0.2) is 0 Å². The van der Waals surface area contributed by atoms with Crippen LogP contribution in [0.5, 0.6) is 0 Å². The van der Waals surface area contributed by atoms with E-state index in [0.29, 0.717) is 17.6 Å². The summed E-state index contributed by atoms with van der Waals surface area (Å²) < 4.78 is 25.4. The van der Waals surface area contributed by atoms with Gasteiger partial charge < -0.3 is 4.90 Å². The lowest BCUT2D eigenvalue weighted by molar-refractivity contribution is -0.0258. The SMILES string of the molecule is CCC1CCC(N(C(=O)c2ccc(S(=O)(=O)N(C)OC)cc2)C2CC2)CC1. The topological polar surface area (TPSA) is 66.9 Å². The Morgan fingerprint density at radius 3 is 2.00 bits per heavy atom. The van der Waals surface area contributed by atoms with Crippen LogP contribution in [0.15, 0.2) is 29.2 Å². The molecule has 0 heterocycles. The first-order valence-corrected chi connectivity index (χ1v) is 11.3. The van der Waals surface area contributed by atoms with Crippen molar-refractivity contribution in [1.82, 2.24) is 9.37 Å². The molecule has 1 aromatic rings. The van der Waals surface area contributed by atoms with Gasteiger partial charge in [0.1, 0.15) is 0 Å². The summed E-state index contributed by atoms with van der Waals surface area (Å²) in [5.41, 5.74) is 0.554. The number of amides is 1. The van der Waals surface area contributed by atoms with Crippen LogP contribution in [-0.4, -0.2) is 49.9 Å². The normalized spacial score (nSPS) is 23.4. The number of nitrogens with zero attached hydrogens (tertiary/aromatic N) is 2. The summed E-state index contributed by atoms with van der Waals surface area (Å²) in [7, 11) is -1.05. The van der Waals surface area contributed by atoms with E-state index in [1.807, 2.05) is 0 Å². The summed E-state index contributed by atoms with van der Waals surface area (Å²) in [6.07, 6.45) is 7.90. The molecule has 2 fully saturated rings. The first kappa shape index (κ1) is 20.3. The third kappa shape index (κ3) is 4.36. The van der Waals surface area contributed by atoms with Crippen molar-refractivity contribution in [3.8, 4) is 0 Å². The largest absolute Gasteiger partial charge is 0.333 e. The summed E-state index contributed by atoms with van der Waals surface area (Å²) >= 11 is 0. The molecular formula is C20H30N2O4S. The zero-order valence-corrected chi connectivity index (χ0v) is 17.2. The van der Waals surface area contributed by atoms with Crippen LogP contribution >= 0.6 is 0 Å². The van der Waals surface area contributed by atoms with Crippen molar-refractivity contribution in [2.75, 3.05) is 14.2 Å². The maximum absolute atomic E-state index is 13.2. The van der Waals surface area contributed by atoms with Crippen molar-refractivity contribution in [3.63, 3.8) is 0 Å². The van der Waals surface area contributed by atoms with Crippen molar-refractivity contribution in [1.29, 1.82) is 0 Å². The van der Waals surface area contributed by atoms with Gasteiger partial charge in [0.25, 0.3) is 15.9 Å². The number of benzene rings is 1. The molecule has 0 aliphatic heterocycles. The van der Waals surface area contributed by atoms with Gasteiger partial charge in [0.05, 0.1) is 12.0 Å². The molecule has 0 N–H and O–H groups in total. The fraction of sp³-hybridized carbons (Fsp3) is 0.650. The Balaban J connectivity index is 1.75. The molecular weight excluding hydrogens is 364 g/mol. The quantitative estimate of drug-likeness (QED) is 0.665. The number of carbonyl (C=O) groups is 1. The molecule has 150 valence electrons. The number of hydrogen-bond acceptors (Lipinski definition) is 4. The maximum atomic E-state index is 13.2. The average molecular weight is 395 g/mol. The summed E-state index contributed by atoms with van der Waals surface area (Å²) in [6, 6.07) is 6.87. The number of hydroxylamine groups is 1. The molecule has 3 rings (SSSR count). The second kappa shape index (κ2) is 8.29. The Morgan fingerprint density at radius 1 is 1.04 bits per heavy atom. The van der Waals surface area contributed by atoms with E-state index < -0.39 is 10.0 Å². The van der Waals surface area contributed by atoms with Crippen molar-refractivity contribution >= 4 is 15.9 Å². The van der Waals surface area contributed by atoms with Gasteiger partial charge in [-0.3, -0.25) is 9.63 Å². The second-order valence-electron chi connectivity index (χ2n) is 7.65. The number of hydrogen-bond donors (Lipinski definition) is 0. The first-order valence-electron chi connectivity index (χ1n) is 9.84. The van der Waals surface area contributed by atoms with E-state index in [1.165, 1.54) is 45.6 Å². The van der Waals surface area contributed by atoms with E-state index in [-0.39, 0.29) is 10.8 Å². The minimum Gasteiger partial charge on any atom is -0.333 e. The molecule has 0 bridgehead atoms. The molecule has 0 spiro atoms. The van der Waals surface area contributed by atoms with Crippen molar-refractivity contribution < 1.29 is 18.0 Å². The van der Waals surface area contributed by atoms with Gasteiger partial charge in [0, 0.05) is 24.7 Å². The van der Waals surface area contributed by atoms with E-state index in [2.05, 4.69) is 11.8 Å². The molecule has 1 aromatic carbocycles. The van der Waals surface area contributed by atoms with Gasteiger partial charge in [-0.1, -0.05) is 17.8 Å². The molecule has 1 amide bonds. The van der Waals surface area contributed by atoms with Crippen molar-refractivity contribution in [2.24, 2.45) is 5.92 Å². The van der Waals surface area contributed by atoms with Gasteiger partial charge in [-0.2, -0.15) is 0 Å². The predicted molar refractivity (Wildman–Crippen MR) is 104 cm³/mol. The van der Waals surface area contributed by atoms with E-state index in [0.717, 1.165) is 36.1 Å². The highest BCUT2D eigenvalue weighted by Gasteiger charge is 2.39. The van der Waals surface area contributed by atoms with Crippen molar-refractivity contribution in [3.05, 3.63) is 29.8 Å². The van der Waals surface area contributed by atoms with Gasteiger partial charge in [-0.25, -0.2) is 8.42 Å². The zero-order valence-electron chi connectivity index (χ0n) is 16.4. The summed E-state index contributed by atoms with van der Waals surface area (Å²) in [5.74, 6) is 0.821. The third-order valence-electron chi connectivity index (χ3n) is 5.96. The lowest BCUT2D eigenvalue weighted by Gasteiger charge is -2.37. The number of sulfonamides is 1. The van der Waals surface area contributed by atoms with Crippen LogP contribution in [0.2, 0.25) is 0 Å². The molecule has 0 aromatic heterocycles. The van der Waals surface area contributed by atoms with E-state index in [1.54, 1.807) is 12.1 Å². The molecule has 0 atom stereocenters. The van der Waals surface area contributed by atoms with E-state index >= 15 is 0 Å². The Bertz CT molecular complexity index is 751. The van der Waals surface area contributed by atoms with Gasteiger partial charge in [0.2, 0.25) is 0 Å². The molecule has 6 nitrogen and oxygen atoms in total. The van der Waals surface area contributed by atoms with Crippen LogP contribution in [0.25, 0.3) is 0 Å². The van der Waals surface area contributed by atoms with E-state index in [4.69, 9.17) is 4.84 Å². The molecule has 27 heavy (non-hydrogen) atoms. The minimum atomic E-state index is -3.70. The highest BCUT2D eigenvalue weighted by atomic mass is 32.2. The van der Waals surface area contributed by atoms with Gasteiger partial charge in [-0.05, 0) is 68.7 Å². The van der Waals surface area contributed by atoms with E-state index in [9.17, 15) is 13.2 Å². The highest BCUT2D eigenvalue weighted by molar-refractivity contribution is 7.89. The Labute approximate surface area is 162 Å². The monoisotopic (exact) mass is 394 g/mol. The predicted octanol–water partition coefficient (Wildman–Crippen LogP) is 3.44. The zero-order chi connectivity index (χ0) is 19.6. The first-order chi connectivity index (χ1) is 12.9. The second-order valence-corrected chi connectivity index (χ2v) is 9.58. The fourth-order valence-electron chi connectivity index (χ4n) is 3.98. The summed E-state index contributed by atoms with van der Waals surface area (Å²) in [6.45, 7) is 2.24. The standard InChI is InChI=1S/C20H30N2O4S/c1-4-15-5-9-17(10-6-15)22(18-11-12-18)20(23)16-7-13-19(14-8-16)27(24,25)21(2)26-3/h7-8,13-15,17-18H,4-6,9-12H2,1-3H3. The van der Waals surface area contributed by atoms with Crippen LogP contribution in [-0.2, 0) is 14.9 Å². The van der Waals surface area contributed by atoms with Crippen LogP contribution in [0, 0.1) is 5.92 Å². The molecule has 2 saturated carbocycles. The van der Waals surface area contributed by atoms with Crippen molar-refractivity contribution in [2.45, 2.75) is 68.8 Å². The smallest absolute Gasteiger partial charge is 0.264 e. The Kier molecular flexibility index (Phi) is 6.23. The third-order valence-corrected chi connectivity index (χ3v) is 7.65. The van der Waals surface area contributed by atoms with Crippen LogP contribution < -0.4 is 0 Å². The van der Waals surface area contributed by atoms with Crippen LogP contribution in [0.4, 0.5) is 0 Å². The Hall–Kier alpha value is -1.44. The molecule has 2 aliphatic carbocycles. The molecule has 0 radical (unpaired) electrons. The summed E-state index contributed by atoms with van der Waals surface area (Å²) in [5, 5.41) is 0. The lowest BCUT2D eigenvalue weighted by atomic mass is 9.83. The molecule has 0 unspecified atom stereocenters. The van der Waals surface area contributed by atoms with Gasteiger partial charge >= 0.3 is 0 Å². The lowest BCUT2D eigenvalue weighted by Crippen LogP contribution is -2.43. The highest BCUT2D eigenvalue weighted by Crippen LogP contribution is 2.37. The number of carbonyl (C=O) groups excluding carboxylic acids is 1. The fourth-order valence-corrected chi connectivity index (χ4v) is 4.95. The molecule has 0 saturated heterocycles. The average Bonchev–Trinajstić information content (AvgIpc) is 3.53. The minimum absolute atomic E-state index is 0.0292. The summed E-state index contributed by atoms with van der Waals surface area (Å²) in [4.78, 5) is 20.2. The molecule has 2 aliphatic rings. The van der Waals surface area contributed by atoms with Crippen LogP contribution in [0.3, 0.4) is 0 Å². The Morgan fingerprint density at radius 2 is 1.56 bits per heavy atom. The van der Waals surface area contributed by atoms with Crippen LogP contribution in [0.1, 0.15) is 62.2 Å².